The third-order valence-corrected chi connectivity index (χ3v) is 4.25. The summed E-state index contributed by atoms with van der Waals surface area (Å²) in [6.07, 6.45) is 2.90. The molecule has 2 aromatic heterocycles. The van der Waals surface area contributed by atoms with Gasteiger partial charge in [0.05, 0.1) is 23.9 Å². The lowest BCUT2D eigenvalue weighted by Gasteiger charge is -2.01. The minimum absolute atomic E-state index is 0.175. The van der Waals surface area contributed by atoms with E-state index >= 15 is 0 Å². The van der Waals surface area contributed by atoms with Gasteiger partial charge < -0.3 is 14.4 Å². The molecule has 7 heteroatoms. The van der Waals surface area contributed by atoms with Crippen LogP contribution in [0.1, 0.15) is 29.6 Å². The zero-order valence-corrected chi connectivity index (χ0v) is 14.9. The summed E-state index contributed by atoms with van der Waals surface area (Å²) in [6, 6.07) is 14.9. The molecule has 2 aromatic carbocycles. The second-order valence-corrected chi connectivity index (χ2v) is 6.20. The Hall–Kier alpha value is -3.48. The summed E-state index contributed by atoms with van der Waals surface area (Å²) in [6.45, 7) is 3.25. The Morgan fingerprint density at radius 2 is 2.04 bits per heavy atom. The van der Waals surface area contributed by atoms with E-state index in [2.05, 4.69) is 31.9 Å². The maximum Gasteiger partial charge on any atom is 0.251 e. The standard InChI is InChI=1S/C20H19N5O2/c1-2-10-25-13-22-16-11-15(8-9-17(16)25)19-23-18(27-24-19)12-21-20(26)14-6-4-3-5-7-14/h3-9,11,13H,2,10,12H2,1H3,(H,21,26). The zero-order valence-electron chi connectivity index (χ0n) is 14.9. The molecule has 4 aromatic rings. The Kier molecular flexibility index (Phi) is 4.65. The minimum Gasteiger partial charge on any atom is -0.343 e. The van der Waals surface area contributed by atoms with Crippen LogP contribution in [0.3, 0.4) is 0 Å². The second kappa shape index (κ2) is 7.41. The van der Waals surface area contributed by atoms with Gasteiger partial charge in [0.15, 0.2) is 0 Å². The first-order valence-corrected chi connectivity index (χ1v) is 8.85. The van der Waals surface area contributed by atoms with E-state index in [9.17, 15) is 4.79 Å². The fourth-order valence-corrected chi connectivity index (χ4v) is 2.91. The molecule has 0 aliphatic carbocycles. The predicted molar refractivity (Wildman–Crippen MR) is 101 cm³/mol. The van der Waals surface area contributed by atoms with Crippen molar-refractivity contribution in [2.75, 3.05) is 0 Å². The van der Waals surface area contributed by atoms with Gasteiger partial charge in [-0.3, -0.25) is 4.79 Å². The van der Waals surface area contributed by atoms with Crippen LogP contribution in [0.4, 0.5) is 0 Å². The van der Waals surface area contributed by atoms with Gasteiger partial charge in [-0.25, -0.2) is 4.98 Å². The van der Waals surface area contributed by atoms with Crippen LogP contribution in [-0.2, 0) is 13.1 Å². The van der Waals surface area contributed by atoms with E-state index in [1.807, 2.05) is 42.7 Å². The highest BCUT2D eigenvalue weighted by Gasteiger charge is 2.12. The van der Waals surface area contributed by atoms with Gasteiger partial charge in [0.1, 0.15) is 0 Å². The van der Waals surface area contributed by atoms with Crippen LogP contribution in [0.15, 0.2) is 59.4 Å². The first-order chi connectivity index (χ1) is 13.2. The topological polar surface area (TPSA) is 85.8 Å². The van der Waals surface area contributed by atoms with Crippen molar-refractivity contribution >= 4 is 16.9 Å². The van der Waals surface area contributed by atoms with Crippen molar-refractivity contribution in [3.8, 4) is 11.4 Å². The number of imidazole rings is 1. The van der Waals surface area contributed by atoms with Crippen molar-refractivity contribution in [2.24, 2.45) is 0 Å². The lowest BCUT2D eigenvalue weighted by molar-refractivity contribution is 0.0946. The van der Waals surface area contributed by atoms with Crippen LogP contribution < -0.4 is 5.32 Å². The Morgan fingerprint density at radius 1 is 1.19 bits per heavy atom. The molecule has 0 bridgehead atoms. The molecule has 7 nitrogen and oxygen atoms in total. The summed E-state index contributed by atoms with van der Waals surface area (Å²) in [5.74, 6) is 0.648. The molecule has 27 heavy (non-hydrogen) atoms. The van der Waals surface area contributed by atoms with Crippen molar-refractivity contribution in [3.63, 3.8) is 0 Å². The van der Waals surface area contributed by atoms with E-state index in [-0.39, 0.29) is 12.5 Å². The van der Waals surface area contributed by atoms with Gasteiger partial charge in [-0.2, -0.15) is 4.98 Å². The number of amides is 1. The van der Waals surface area contributed by atoms with Crippen LogP contribution in [0, 0.1) is 0 Å². The molecular formula is C20H19N5O2. The number of carbonyl (C=O) groups excluding carboxylic acids is 1. The van der Waals surface area contributed by atoms with Crippen LogP contribution in [0.25, 0.3) is 22.4 Å². The summed E-state index contributed by atoms with van der Waals surface area (Å²) in [5, 5.41) is 6.79. The smallest absolute Gasteiger partial charge is 0.251 e. The molecule has 0 atom stereocenters. The normalized spacial score (nSPS) is 11.0. The summed E-state index contributed by atoms with van der Waals surface area (Å²) in [4.78, 5) is 20.9. The quantitative estimate of drug-likeness (QED) is 0.569. The predicted octanol–water partition coefficient (Wildman–Crippen LogP) is 3.43. The maximum atomic E-state index is 12.1. The van der Waals surface area contributed by atoms with E-state index in [1.54, 1.807) is 12.1 Å². The van der Waals surface area contributed by atoms with Crippen LogP contribution in [-0.4, -0.2) is 25.6 Å². The molecular weight excluding hydrogens is 342 g/mol. The van der Waals surface area contributed by atoms with Crippen molar-refractivity contribution in [1.82, 2.24) is 25.0 Å². The minimum atomic E-state index is -0.182. The Bertz CT molecular complexity index is 1070. The summed E-state index contributed by atoms with van der Waals surface area (Å²) >= 11 is 0. The number of nitrogens with one attached hydrogen (secondary N) is 1. The maximum absolute atomic E-state index is 12.1. The molecule has 0 spiro atoms. The molecule has 0 aliphatic heterocycles. The largest absolute Gasteiger partial charge is 0.343 e. The van der Waals surface area contributed by atoms with Crippen molar-refractivity contribution in [1.29, 1.82) is 0 Å². The van der Waals surface area contributed by atoms with Crippen molar-refractivity contribution in [2.45, 2.75) is 26.4 Å². The van der Waals surface area contributed by atoms with E-state index in [0.717, 1.165) is 29.6 Å². The number of carbonyl (C=O) groups is 1. The van der Waals surface area contributed by atoms with Crippen LogP contribution in [0.5, 0.6) is 0 Å². The number of rotatable bonds is 6. The van der Waals surface area contributed by atoms with E-state index < -0.39 is 0 Å². The molecule has 2 heterocycles. The molecule has 0 unspecified atom stereocenters. The molecule has 4 rings (SSSR count). The highest BCUT2D eigenvalue weighted by Crippen LogP contribution is 2.22. The molecule has 0 fully saturated rings. The fraction of sp³-hybridized carbons (Fsp3) is 0.200. The molecule has 0 aliphatic rings. The van der Waals surface area contributed by atoms with Gasteiger partial charge in [-0.1, -0.05) is 30.3 Å². The van der Waals surface area contributed by atoms with Gasteiger partial charge in [-0.05, 0) is 36.8 Å². The van der Waals surface area contributed by atoms with Gasteiger partial charge in [-0.15, -0.1) is 0 Å². The highest BCUT2D eigenvalue weighted by atomic mass is 16.5. The highest BCUT2D eigenvalue weighted by molar-refractivity contribution is 5.94. The summed E-state index contributed by atoms with van der Waals surface area (Å²) in [5.41, 5.74) is 3.39. The molecule has 136 valence electrons. The number of hydrogen-bond acceptors (Lipinski definition) is 5. The SMILES string of the molecule is CCCn1cnc2cc(-c3noc(CNC(=O)c4ccccc4)n3)ccc21. The van der Waals surface area contributed by atoms with Crippen molar-refractivity contribution in [3.05, 3.63) is 66.3 Å². The lowest BCUT2D eigenvalue weighted by Crippen LogP contribution is -2.22. The molecule has 0 radical (unpaired) electrons. The number of aromatic nitrogens is 4. The van der Waals surface area contributed by atoms with Crippen molar-refractivity contribution < 1.29 is 9.32 Å². The van der Waals surface area contributed by atoms with E-state index in [1.165, 1.54) is 0 Å². The number of benzene rings is 2. The molecule has 1 N–H and O–H groups in total. The molecule has 0 saturated carbocycles. The molecule has 0 saturated heterocycles. The van der Waals surface area contributed by atoms with E-state index in [4.69, 9.17) is 4.52 Å². The summed E-state index contributed by atoms with van der Waals surface area (Å²) in [7, 11) is 0. The average Bonchev–Trinajstić information content (AvgIpc) is 3.34. The number of hydrogen-bond donors (Lipinski definition) is 1. The number of aryl methyl sites for hydroxylation is 1. The summed E-state index contributed by atoms with van der Waals surface area (Å²) < 4.78 is 7.38. The first-order valence-electron chi connectivity index (χ1n) is 8.85. The van der Waals surface area contributed by atoms with Gasteiger partial charge in [0.25, 0.3) is 5.91 Å². The van der Waals surface area contributed by atoms with Crippen LogP contribution in [0.2, 0.25) is 0 Å². The third-order valence-electron chi connectivity index (χ3n) is 4.25. The third kappa shape index (κ3) is 3.57. The van der Waals surface area contributed by atoms with Gasteiger partial charge >= 0.3 is 0 Å². The Balaban J connectivity index is 1.47. The number of nitrogens with zero attached hydrogens (tertiary/aromatic N) is 4. The first kappa shape index (κ1) is 17.0. The Morgan fingerprint density at radius 3 is 2.85 bits per heavy atom. The van der Waals surface area contributed by atoms with E-state index in [0.29, 0.717) is 17.3 Å². The number of fused-ring (bicyclic) bond motifs is 1. The fourth-order valence-electron chi connectivity index (χ4n) is 2.91. The molecule has 1 amide bonds. The second-order valence-electron chi connectivity index (χ2n) is 6.20. The monoisotopic (exact) mass is 361 g/mol. The lowest BCUT2D eigenvalue weighted by atomic mass is 10.2. The van der Waals surface area contributed by atoms with Gasteiger partial charge in [0, 0.05) is 17.7 Å². The van der Waals surface area contributed by atoms with Gasteiger partial charge in [0.2, 0.25) is 11.7 Å². The average molecular weight is 361 g/mol. The van der Waals surface area contributed by atoms with Crippen LogP contribution >= 0.6 is 0 Å². The Labute approximate surface area is 156 Å². The zero-order chi connectivity index (χ0) is 18.6.